The first-order chi connectivity index (χ1) is 8.43. The van der Waals surface area contributed by atoms with Crippen LogP contribution in [0.1, 0.15) is 37.2 Å². The maximum Gasteiger partial charge on any atom is 0.122 e. The highest BCUT2D eigenvalue weighted by atomic mass is 16.5. The third-order valence-corrected chi connectivity index (χ3v) is 4.13. The molecule has 1 aliphatic heterocycles. The first-order valence-corrected chi connectivity index (χ1v) is 6.86. The molecule has 1 unspecified atom stereocenters. The van der Waals surface area contributed by atoms with E-state index in [1.54, 1.807) is 0 Å². The zero-order chi connectivity index (χ0) is 11.5. The molecule has 3 rings (SSSR count). The van der Waals surface area contributed by atoms with Gasteiger partial charge in [-0.25, -0.2) is 0 Å². The molecule has 1 N–H and O–H groups in total. The number of para-hydroxylation sites is 1. The van der Waals surface area contributed by atoms with Crippen molar-refractivity contribution in [2.45, 2.75) is 31.6 Å². The van der Waals surface area contributed by atoms with Gasteiger partial charge in [-0.2, -0.15) is 0 Å². The Kier molecular flexibility index (Phi) is 3.32. The molecule has 1 aromatic carbocycles. The number of benzene rings is 1. The molecule has 0 aromatic heterocycles. The van der Waals surface area contributed by atoms with Crippen molar-refractivity contribution in [3.8, 4) is 5.75 Å². The lowest BCUT2D eigenvalue weighted by Crippen LogP contribution is -2.32. The summed E-state index contributed by atoms with van der Waals surface area (Å²) in [6, 6.07) is 8.48. The lowest BCUT2D eigenvalue weighted by Gasteiger charge is -2.29. The van der Waals surface area contributed by atoms with Crippen molar-refractivity contribution in [3.63, 3.8) is 0 Å². The number of rotatable bonds is 4. The largest absolute Gasteiger partial charge is 0.493 e. The molecule has 1 saturated carbocycles. The van der Waals surface area contributed by atoms with Crippen LogP contribution in [0.4, 0.5) is 0 Å². The standard InChI is InChI=1S/C15H21NO/c1-2-7-15-14(6-1)13(8-9-17-15)11-16-10-12-4-3-5-12/h1-2,6-7,12-13,16H,3-5,8-11H2. The Morgan fingerprint density at radius 2 is 2.00 bits per heavy atom. The molecular formula is C15H21NO. The van der Waals surface area contributed by atoms with E-state index in [1.807, 2.05) is 0 Å². The van der Waals surface area contributed by atoms with Gasteiger partial charge in [-0.1, -0.05) is 24.6 Å². The van der Waals surface area contributed by atoms with Crippen molar-refractivity contribution in [3.05, 3.63) is 29.8 Å². The third kappa shape index (κ3) is 2.47. The van der Waals surface area contributed by atoms with Gasteiger partial charge in [0, 0.05) is 12.5 Å². The van der Waals surface area contributed by atoms with Crippen LogP contribution in [0.3, 0.4) is 0 Å². The molecule has 17 heavy (non-hydrogen) atoms. The Morgan fingerprint density at radius 3 is 2.82 bits per heavy atom. The Morgan fingerprint density at radius 1 is 1.12 bits per heavy atom. The van der Waals surface area contributed by atoms with E-state index in [1.165, 1.54) is 31.4 Å². The van der Waals surface area contributed by atoms with Gasteiger partial charge in [-0.15, -0.1) is 0 Å². The first-order valence-electron chi connectivity index (χ1n) is 6.86. The van der Waals surface area contributed by atoms with Gasteiger partial charge in [0.05, 0.1) is 6.61 Å². The normalized spacial score (nSPS) is 23.6. The zero-order valence-electron chi connectivity index (χ0n) is 10.3. The minimum absolute atomic E-state index is 0.639. The molecule has 2 aliphatic rings. The van der Waals surface area contributed by atoms with E-state index >= 15 is 0 Å². The summed E-state index contributed by atoms with van der Waals surface area (Å²) < 4.78 is 5.69. The summed E-state index contributed by atoms with van der Waals surface area (Å²) in [5.74, 6) is 2.68. The topological polar surface area (TPSA) is 21.3 Å². The van der Waals surface area contributed by atoms with E-state index < -0.39 is 0 Å². The van der Waals surface area contributed by atoms with Crippen molar-refractivity contribution < 1.29 is 4.74 Å². The second kappa shape index (κ2) is 5.09. The lowest BCUT2D eigenvalue weighted by atomic mass is 9.85. The highest BCUT2D eigenvalue weighted by molar-refractivity contribution is 5.37. The predicted octanol–water partition coefficient (Wildman–Crippen LogP) is 2.94. The van der Waals surface area contributed by atoms with Gasteiger partial charge in [0.25, 0.3) is 0 Å². The maximum absolute atomic E-state index is 5.69. The molecular weight excluding hydrogens is 210 g/mol. The van der Waals surface area contributed by atoms with Crippen LogP contribution in [0, 0.1) is 5.92 Å². The third-order valence-electron chi connectivity index (χ3n) is 4.13. The van der Waals surface area contributed by atoms with Crippen molar-refractivity contribution in [2.24, 2.45) is 5.92 Å². The summed E-state index contributed by atoms with van der Waals surface area (Å²) in [6.45, 7) is 3.18. The van der Waals surface area contributed by atoms with Crippen LogP contribution in [0.25, 0.3) is 0 Å². The minimum Gasteiger partial charge on any atom is -0.493 e. The average molecular weight is 231 g/mol. The van der Waals surface area contributed by atoms with Crippen LogP contribution in [-0.2, 0) is 0 Å². The number of hydrogen-bond donors (Lipinski definition) is 1. The molecule has 1 atom stereocenters. The number of hydrogen-bond acceptors (Lipinski definition) is 2. The summed E-state index contributed by atoms with van der Waals surface area (Å²) in [4.78, 5) is 0. The summed E-state index contributed by atoms with van der Waals surface area (Å²) >= 11 is 0. The average Bonchev–Trinajstić information content (AvgIpc) is 2.32. The van der Waals surface area contributed by atoms with Gasteiger partial charge < -0.3 is 10.1 Å². The summed E-state index contributed by atoms with van der Waals surface area (Å²) in [5.41, 5.74) is 1.39. The quantitative estimate of drug-likeness (QED) is 0.860. The molecule has 1 heterocycles. The highest BCUT2D eigenvalue weighted by Crippen LogP contribution is 2.33. The Hall–Kier alpha value is -1.02. The molecule has 0 amide bonds. The van der Waals surface area contributed by atoms with Crippen molar-refractivity contribution >= 4 is 0 Å². The van der Waals surface area contributed by atoms with Crippen molar-refractivity contribution in [1.82, 2.24) is 5.32 Å². The van der Waals surface area contributed by atoms with Crippen LogP contribution in [0.2, 0.25) is 0 Å². The summed E-state index contributed by atoms with van der Waals surface area (Å²) in [6.07, 6.45) is 5.44. The molecule has 0 spiro atoms. The van der Waals surface area contributed by atoms with Crippen LogP contribution >= 0.6 is 0 Å². The van der Waals surface area contributed by atoms with Gasteiger partial charge in [0.15, 0.2) is 0 Å². The first kappa shape index (κ1) is 11.1. The molecule has 1 fully saturated rings. The number of ether oxygens (including phenoxy) is 1. The predicted molar refractivity (Wildman–Crippen MR) is 69.5 cm³/mol. The lowest BCUT2D eigenvalue weighted by molar-refractivity contribution is 0.256. The fourth-order valence-electron chi connectivity index (χ4n) is 2.79. The Labute approximate surface area is 103 Å². The molecule has 0 saturated heterocycles. The van der Waals surface area contributed by atoms with Crippen LogP contribution < -0.4 is 10.1 Å². The van der Waals surface area contributed by atoms with Crippen LogP contribution in [0.15, 0.2) is 24.3 Å². The number of fused-ring (bicyclic) bond motifs is 1. The summed E-state index contributed by atoms with van der Waals surface area (Å²) in [7, 11) is 0. The molecule has 2 heteroatoms. The zero-order valence-corrected chi connectivity index (χ0v) is 10.3. The maximum atomic E-state index is 5.69. The van der Waals surface area contributed by atoms with E-state index in [-0.39, 0.29) is 0 Å². The van der Waals surface area contributed by atoms with Crippen LogP contribution in [-0.4, -0.2) is 19.7 Å². The minimum atomic E-state index is 0.639. The van der Waals surface area contributed by atoms with Crippen molar-refractivity contribution in [1.29, 1.82) is 0 Å². The van der Waals surface area contributed by atoms with E-state index in [4.69, 9.17) is 4.74 Å². The van der Waals surface area contributed by atoms with E-state index in [0.29, 0.717) is 5.92 Å². The molecule has 2 nitrogen and oxygen atoms in total. The Balaban J connectivity index is 1.56. The van der Waals surface area contributed by atoms with Crippen molar-refractivity contribution in [2.75, 3.05) is 19.7 Å². The second-order valence-corrected chi connectivity index (χ2v) is 5.33. The summed E-state index contributed by atoms with van der Waals surface area (Å²) in [5, 5.41) is 3.64. The molecule has 92 valence electrons. The molecule has 1 aromatic rings. The second-order valence-electron chi connectivity index (χ2n) is 5.33. The SMILES string of the molecule is c1ccc2c(c1)OCCC2CNCC1CCC1. The van der Waals surface area contributed by atoms with E-state index in [9.17, 15) is 0 Å². The smallest absolute Gasteiger partial charge is 0.122 e. The van der Waals surface area contributed by atoms with Gasteiger partial charge >= 0.3 is 0 Å². The van der Waals surface area contributed by atoms with E-state index in [2.05, 4.69) is 29.6 Å². The molecule has 1 aliphatic carbocycles. The van der Waals surface area contributed by atoms with Crippen LogP contribution in [0.5, 0.6) is 5.75 Å². The van der Waals surface area contributed by atoms with Gasteiger partial charge in [0.1, 0.15) is 5.75 Å². The molecule has 0 bridgehead atoms. The number of nitrogens with one attached hydrogen (secondary N) is 1. The molecule has 0 radical (unpaired) electrons. The van der Waals surface area contributed by atoms with Gasteiger partial charge in [-0.05, 0) is 43.4 Å². The fraction of sp³-hybridized carbons (Fsp3) is 0.600. The fourth-order valence-corrected chi connectivity index (χ4v) is 2.79. The Bertz CT molecular complexity index is 373. The van der Waals surface area contributed by atoms with Gasteiger partial charge in [-0.3, -0.25) is 0 Å². The van der Waals surface area contributed by atoms with Gasteiger partial charge in [0.2, 0.25) is 0 Å². The van der Waals surface area contributed by atoms with E-state index in [0.717, 1.165) is 31.2 Å². The monoisotopic (exact) mass is 231 g/mol. The highest BCUT2D eigenvalue weighted by Gasteiger charge is 2.22.